The van der Waals surface area contributed by atoms with Crippen LogP contribution < -0.4 is 11.3 Å². The Hall–Kier alpha value is -1.23. The molecule has 0 aliphatic rings. The zero-order chi connectivity index (χ0) is 13.8. The van der Waals surface area contributed by atoms with Gasteiger partial charge >= 0.3 is 0 Å². The number of hydrogen-bond donors (Lipinski definition) is 2. The lowest BCUT2D eigenvalue weighted by atomic mass is 9.98. The lowest BCUT2D eigenvalue weighted by molar-refractivity contribution is 0.550. The van der Waals surface area contributed by atoms with Gasteiger partial charge in [-0.05, 0) is 48.2 Å². The number of halogens is 2. The molecule has 0 aromatic heterocycles. The predicted molar refractivity (Wildman–Crippen MR) is 79.0 cm³/mol. The van der Waals surface area contributed by atoms with E-state index in [9.17, 15) is 4.39 Å². The number of rotatable bonds is 4. The molecule has 1 unspecified atom stereocenters. The van der Waals surface area contributed by atoms with Crippen LogP contribution in [0.15, 0.2) is 46.9 Å². The Labute approximate surface area is 120 Å². The molecule has 2 aromatic carbocycles. The fourth-order valence-electron chi connectivity index (χ4n) is 1.96. The van der Waals surface area contributed by atoms with Gasteiger partial charge in [0.05, 0.1) is 6.04 Å². The second-order valence-corrected chi connectivity index (χ2v) is 5.41. The van der Waals surface area contributed by atoms with Crippen molar-refractivity contribution in [3.63, 3.8) is 0 Å². The Bertz CT molecular complexity index is 555. The summed E-state index contributed by atoms with van der Waals surface area (Å²) in [5.74, 6) is 5.41. The van der Waals surface area contributed by atoms with Gasteiger partial charge in [-0.2, -0.15) is 0 Å². The summed E-state index contributed by atoms with van der Waals surface area (Å²) in [7, 11) is 0. The molecule has 0 fully saturated rings. The molecule has 0 spiro atoms. The molecule has 0 aliphatic heterocycles. The smallest absolute Gasteiger partial charge is 0.123 e. The van der Waals surface area contributed by atoms with Crippen LogP contribution >= 0.6 is 15.9 Å². The minimum absolute atomic E-state index is 0.00219. The van der Waals surface area contributed by atoms with Gasteiger partial charge in [-0.25, -0.2) is 4.39 Å². The first-order valence-corrected chi connectivity index (χ1v) is 6.86. The van der Waals surface area contributed by atoms with E-state index in [2.05, 4.69) is 33.5 Å². The Morgan fingerprint density at radius 2 is 1.89 bits per heavy atom. The van der Waals surface area contributed by atoms with E-state index in [0.717, 1.165) is 15.6 Å². The minimum atomic E-state index is -0.223. The molecule has 2 rings (SSSR count). The Morgan fingerprint density at radius 3 is 2.47 bits per heavy atom. The van der Waals surface area contributed by atoms with Gasteiger partial charge in [0.15, 0.2) is 0 Å². The Morgan fingerprint density at radius 1 is 1.21 bits per heavy atom. The predicted octanol–water partition coefficient (Wildman–Crippen LogP) is 3.64. The third-order valence-corrected chi connectivity index (χ3v) is 4.01. The van der Waals surface area contributed by atoms with Crippen molar-refractivity contribution in [2.45, 2.75) is 19.4 Å². The third-order valence-electron chi connectivity index (χ3n) is 3.15. The average Bonchev–Trinajstić information content (AvgIpc) is 2.41. The van der Waals surface area contributed by atoms with Crippen molar-refractivity contribution in [1.82, 2.24) is 5.43 Å². The minimum Gasteiger partial charge on any atom is -0.271 e. The lowest BCUT2D eigenvalue weighted by Gasteiger charge is -2.17. The SMILES string of the molecule is Cc1ccc(C(Cc2ccc(F)cc2)NN)cc1Br. The normalized spacial score (nSPS) is 12.4. The number of aryl methyl sites for hydroxylation is 1. The van der Waals surface area contributed by atoms with E-state index in [4.69, 9.17) is 5.84 Å². The number of hydrogen-bond acceptors (Lipinski definition) is 2. The highest BCUT2D eigenvalue weighted by atomic mass is 79.9. The average molecular weight is 323 g/mol. The van der Waals surface area contributed by atoms with Crippen LogP contribution in [0.2, 0.25) is 0 Å². The monoisotopic (exact) mass is 322 g/mol. The first-order chi connectivity index (χ1) is 9.10. The van der Waals surface area contributed by atoms with Gasteiger partial charge in [-0.3, -0.25) is 11.3 Å². The largest absolute Gasteiger partial charge is 0.271 e. The van der Waals surface area contributed by atoms with E-state index in [0.29, 0.717) is 6.42 Å². The molecule has 3 N–H and O–H groups in total. The molecule has 2 nitrogen and oxygen atoms in total. The molecule has 0 heterocycles. The standard InChI is InChI=1S/C15H16BrFN2/c1-10-2-5-12(9-14(10)16)15(19-18)8-11-3-6-13(17)7-4-11/h2-7,9,15,19H,8,18H2,1H3. The van der Waals surface area contributed by atoms with Gasteiger partial charge in [-0.1, -0.05) is 40.2 Å². The lowest BCUT2D eigenvalue weighted by Crippen LogP contribution is -2.29. The van der Waals surface area contributed by atoms with Crippen LogP contribution in [-0.4, -0.2) is 0 Å². The molecule has 1 atom stereocenters. The molecule has 4 heteroatoms. The van der Waals surface area contributed by atoms with Crippen molar-refractivity contribution < 1.29 is 4.39 Å². The van der Waals surface area contributed by atoms with Crippen LogP contribution in [0.5, 0.6) is 0 Å². The summed E-state index contributed by atoms with van der Waals surface area (Å²) in [4.78, 5) is 0. The summed E-state index contributed by atoms with van der Waals surface area (Å²) in [6, 6.07) is 12.7. The first kappa shape index (κ1) is 14.2. The van der Waals surface area contributed by atoms with Crippen LogP contribution in [0.1, 0.15) is 22.7 Å². The molecule has 0 amide bonds. The number of nitrogens with two attached hydrogens (primary N) is 1. The van der Waals surface area contributed by atoms with Crippen LogP contribution in [0.4, 0.5) is 4.39 Å². The number of hydrazine groups is 1. The van der Waals surface area contributed by atoms with Gasteiger partial charge in [0.1, 0.15) is 5.82 Å². The van der Waals surface area contributed by atoms with Crippen LogP contribution in [0.3, 0.4) is 0 Å². The second-order valence-electron chi connectivity index (χ2n) is 4.56. The van der Waals surface area contributed by atoms with Crippen molar-refractivity contribution in [3.05, 3.63) is 69.4 Å². The molecule has 0 radical (unpaired) electrons. The van der Waals surface area contributed by atoms with E-state index < -0.39 is 0 Å². The van der Waals surface area contributed by atoms with E-state index >= 15 is 0 Å². The molecule has 100 valence electrons. The van der Waals surface area contributed by atoms with Crippen molar-refractivity contribution in [2.75, 3.05) is 0 Å². The third kappa shape index (κ3) is 3.62. The topological polar surface area (TPSA) is 38.0 Å². The zero-order valence-corrected chi connectivity index (χ0v) is 12.2. The van der Waals surface area contributed by atoms with Crippen LogP contribution in [-0.2, 0) is 6.42 Å². The van der Waals surface area contributed by atoms with Gasteiger partial charge in [0.25, 0.3) is 0 Å². The summed E-state index contributed by atoms with van der Waals surface area (Å²) >= 11 is 3.52. The number of nitrogens with one attached hydrogen (secondary N) is 1. The quantitative estimate of drug-likeness (QED) is 0.666. The highest BCUT2D eigenvalue weighted by molar-refractivity contribution is 9.10. The maximum Gasteiger partial charge on any atom is 0.123 e. The summed E-state index contributed by atoms with van der Waals surface area (Å²) in [6.07, 6.45) is 0.715. The molecular formula is C15H16BrFN2. The molecule has 0 bridgehead atoms. The fraction of sp³-hybridized carbons (Fsp3) is 0.200. The first-order valence-electron chi connectivity index (χ1n) is 6.07. The van der Waals surface area contributed by atoms with Crippen LogP contribution in [0.25, 0.3) is 0 Å². The maximum atomic E-state index is 12.9. The maximum absolute atomic E-state index is 12.9. The molecule has 0 saturated carbocycles. The van der Waals surface area contributed by atoms with Crippen molar-refractivity contribution in [1.29, 1.82) is 0 Å². The summed E-state index contributed by atoms with van der Waals surface area (Å²) < 4.78 is 13.9. The number of benzene rings is 2. The molecular weight excluding hydrogens is 307 g/mol. The van der Waals surface area contributed by atoms with Gasteiger partial charge in [-0.15, -0.1) is 0 Å². The van der Waals surface area contributed by atoms with Gasteiger partial charge in [0, 0.05) is 4.47 Å². The summed E-state index contributed by atoms with van der Waals surface area (Å²) in [5, 5.41) is 0. The molecule has 0 saturated heterocycles. The fourth-order valence-corrected chi connectivity index (χ4v) is 2.35. The Kier molecular flexibility index (Phi) is 4.69. The second kappa shape index (κ2) is 6.28. The van der Waals surface area contributed by atoms with E-state index in [1.165, 1.54) is 17.7 Å². The highest BCUT2D eigenvalue weighted by Gasteiger charge is 2.11. The van der Waals surface area contributed by atoms with Gasteiger partial charge < -0.3 is 0 Å². The molecule has 2 aromatic rings. The summed E-state index contributed by atoms with van der Waals surface area (Å²) in [6.45, 7) is 2.04. The van der Waals surface area contributed by atoms with Crippen molar-refractivity contribution in [3.8, 4) is 0 Å². The van der Waals surface area contributed by atoms with E-state index in [1.807, 2.05) is 13.0 Å². The zero-order valence-electron chi connectivity index (χ0n) is 10.7. The van der Waals surface area contributed by atoms with E-state index in [1.54, 1.807) is 12.1 Å². The van der Waals surface area contributed by atoms with Crippen molar-refractivity contribution in [2.24, 2.45) is 5.84 Å². The van der Waals surface area contributed by atoms with Crippen molar-refractivity contribution >= 4 is 15.9 Å². The molecule has 0 aliphatic carbocycles. The Balaban J connectivity index is 2.19. The van der Waals surface area contributed by atoms with Crippen LogP contribution in [0, 0.1) is 12.7 Å². The highest BCUT2D eigenvalue weighted by Crippen LogP contribution is 2.24. The summed E-state index contributed by atoms with van der Waals surface area (Å²) in [5.41, 5.74) is 6.14. The molecule has 19 heavy (non-hydrogen) atoms. The van der Waals surface area contributed by atoms with E-state index in [-0.39, 0.29) is 11.9 Å². The van der Waals surface area contributed by atoms with Gasteiger partial charge in [0.2, 0.25) is 0 Å².